The quantitative estimate of drug-likeness (QED) is 0.715. The highest BCUT2D eigenvalue weighted by atomic mass is 16.2. The van der Waals surface area contributed by atoms with Crippen LogP contribution in [0.25, 0.3) is 5.69 Å². The van der Waals surface area contributed by atoms with Crippen LogP contribution >= 0.6 is 0 Å². The monoisotopic (exact) mass is 375 g/mol. The van der Waals surface area contributed by atoms with Crippen LogP contribution < -0.4 is 10.6 Å². The second-order valence-corrected chi connectivity index (χ2v) is 7.12. The van der Waals surface area contributed by atoms with Crippen LogP contribution in [0.2, 0.25) is 0 Å². The van der Waals surface area contributed by atoms with E-state index in [2.05, 4.69) is 44.9 Å². The Morgan fingerprint density at radius 1 is 0.964 bits per heavy atom. The van der Waals surface area contributed by atoms with Gasteiger partial charge in [0.05, 0.1) is 5.69 Å². The Hall–Kier alpha value is -3.12. The highest BCUT2D eigenvalue weighted by Crippen LogP contribution is 2.14. The van der Waals surface area contributed by atoms with Crippen molar-refractivity contribution < 1.29 is 4.79 Å². The van der Waals surface area contributed by atoms with Gasteiger partial charge >= 0.3 is 6.03 Å². The van der Waals surface area contributed by atoms with Gasteiger partial charge in [-0.25, -0.2) is 9.48 Å². The van der Waals surface area contributed by atoms with Gasteiger partial charge in [0, 0.05) is 37.9 Å². The number of benzene rings is 2. The van der Waals surface area contributed by atoms with E-state index in [9.17, 15) is 4.79 Å². The molecule has 0 atom stereocenters. The number of anilines is 1. The lowest BCUT2D eigenvalue weighted by Crippen LogP contribution is -2.45. The molecular formula is C22H25N5O. The predicted octanol–water partition coefficient (Wildman–Crippen LogP) is 3.66. The SMILES string of the molecule is O=C(Nc1ccn(-c2ccccc2)n1)NC1CCN(Cc2ccccc2)CC1. The van der Waals surface area contributed by atoms with Crippen LogP contribution in [0, 0.1) is 0 Å². The van der Waals surface area contributed by atoms with Gasteiger partial charge in [-0.1, -0.05) is 48.5 Å². The van der Waals surface area contributed by atoms with Crippen LogP contribution in [0.15, 0.2) is 72.9 Å². The molecule has 1 aliphatic rings. The van der Waals surface area contributed by atoms with Crippen molar-refractivity contribution in [3.05, 3.63) is 78.5 Å². The smallest absolute Gasteiger partial charge is 0.320 e. The van der Waals surface area contributed by atoms with Crippen molar-refractivity contribution in [2.45, 2.75) is 25.4 Å². The number of urea groups is 1. The summed E-state index contributed by atoms with van der Waals surface area (Å²) >= 11 is 0. The molecule has 1 saturated heterocycles. The van der Waals surface area contributed by atoms with Crippen molar-refractivity contribution in [3.8, 4) is 5.69 Å². The number of aromatic nitrogens is 2. The zero-order valence-electron chi connectivity index (χ0n) is 15.8. The summed E-state index contributed by atoms with van der Waals surface area (Å²) in [6, 6.07) is 22.1. The van der Waals surface area contributed by atoms with Crippen molar-refractivity contribution in [2.24, 2.45) is 0 Å². The van der Waals surface area contributed by atoms with Gasteiger partial charge in [0.1, 0.15) is 0 Å². The summed E-state index contributed by atoms with van der Waals surface area (Å²) in [5.41, 5.74) is 2.29. The molecule has 0 unspecified atom stereocenters. The maximum atomic E-state index is 12.3. The maximum absolute atomic E-state index is 12.3. The fraction of sp³-hybridized carbons (Fsp3) is 0.273. The summed E-state index contributed by atoms with van der Waals surface area (Å²) in [4.78, 5) is 14.8. The summed E-state index contributed by atoms with van der Waals surface area (Å²) in [6.07, 6.45) is 3.75. The van der Waals surface area contributed by atoms with E-state index in [1.807, 2.05) is 42.6 Å². The molecule has 2 heterocycles. The lowest BCUT2D eigenvalue weighted by molar-refractivity contribution is 0.190. The second-order valence-electron chi connectivity index (χ2n) is 7.12. The molecule has 144 valence electrons. The normalized spacial score (nSPS) is 15.3. The number of carbonyl (C=O) groups is 1. The molecule has 0 radical (unpaired) electrons. The Labute approximate surface area is 165 Å². The molecule has 6 nitrogen and oxygen atoms in total. The number of piperidine rings is 1. The fourth-order valence-electron chi connectivity index (χ4n) is 3.53. The number of rotatable bonds is 5. The van der Waals surface area contributed by atoms with Crippen molar-refractivity contribution in [2.75, 3.05) is 18.4 Å². The zero-order chi connectivity index (χ0) is 19.2. The third kappa shape index (κ3) is 4.78. The van der Waals surface area contributed by atoms with E-state index in [1.165, 1.54) is 5.56 Å². The standard InChI is InChI=1S/C22H25N5O/c28-22(24-21-13-16-27(25-21)20-9-5-2-6-10-20)23-19-11-14-26(15-12-19)17-18-7-3-1-4-8-18/h1-10,13,16,19H,11-12,14-15,17H2,(H2,23,24,25,28). The van der Waals surface area contributed by atoms with E-state index in [4.69, 9.17) is 0 Å². The van der Waals surface area contributed by atoms with Crippen LogP contribution in [0.3, 0.4) is 0 Å². The molecule has 1 aliphatic heterocycles. The van der Waals surface area contributed by atoms with E-state index in [0.29, 0.717) is 5.82 Å². The van der Waals surface area contributed by atoms with E-state index in [-0.39, 0.29) is 12.1 Å². The predicted molar refractivity (Wildman–Crippen MR) is 110 cm³/mol. The van der Waals surface area contributed by atoms with Crippen LogP contribution in [0.1, 0.15) is 18.4 Å². The summed E-state index contributed by atoms with van der Waals surface area (Å²) in [7, 11) is 0. The summed E-state index contributed by atoms with van der Waals surface area (Å²) < 4.78 is 1.75. The highest BCUT2D eigenvalue weighted by Gasteiger charge is 2.21. The van der Waals surface area contributed by atoms with Crippen molar-refractivity contribution in [3.63, 3.8) is 0 Å². The van der Waals surface area contributed by atoms with E-state index >= 15 is 0 Å². The molecule has 1 fully saturated rings. The summed E-state index contributed by atoms with van der Waals surface area (Å²) in [5.74, 6) is 0.544. The van der Waals surface area contributed by atoms with Gasteiger partial charge in [-0.3, -0.25) is 10.2 Å². The van der Waals surface area contributed by atoms with Gasteiger partial charge in [0.15, 0.2) is 5.82 Å². The molecule has 4 rings (SSSR count). The second kappa shape index (κ2) is 8.71. The topological polar surface area (TPSA) is 62.2 Å². The molecule has 2 aromatic carbocycles. The molecule has 1 aromatic heterocycles. The van der Waals surface area contributed by atoms with Gasteiger partial charge in [-0.05, 0) is 30.5 Å². The van der Waals surface area contributed by atoms with Gasteiger partial charge in [-0.2, -0.15) is 0 Å². The number of nitrogens with one attached hydrogen (secondary N) is 2. The van der Waals surface area contributed by atoms with Gasteiger partial charge < -0.3 is 5.32 Å². The average Bonchev–Trinajstić information content (AvgIpc) is 3.19. The largest absolute Gasteiger partial charge is 0.335 e. The third-order valence-corrected chi connectivity index (χ3v) is 5.02. The Balaban J connectivity index is 1.23. The van der Waals surface area contributed by atoms with Gasteiger partial charge in [-0.15, -0.1) is 5.10 Å². The van der Waals surface area contributed by atoms with E-state index < -0.39 is 0 Å². The Morgan fingerprint density at radius 2 is 1.64 bits per heavy atom. The molecule has 6 heteroatoms. The molecular weight excluding hydrogens is 350 g/mol. The van der Waals surface area contributed by atoms with Gasteiger partial charge in [0.2, 0.25) is 0 Å². The number of hydrogen-bond acceptors (Lipinski definition) is 3. The first-order valence-corrected chi connectivity index (χ1v) is 9.71. The first kappa shape index (κ1) is 18.3. The Morgan fingerprint density at radius 3 is 2.36 bits per heavy atom. The van der Waals surface area contributed by atoms with Crippen LogP contribution in [0.4, 0.5) is 10.6 Å². The molecule has 3 aromatic rings. The molecule has 0 saturated carbocycles. The first-order valence-electron chi connectivity index (χ1n) is 9.71. The highest BCUT2D eigenvalue weighted by molar-refractivity contribution is 5.88. The van der Waals surface area contributed by atoms with E-state index in [0.717, 1.165) is 38.2 Å². The summed E-state index contributed by atoms with van der Waals surface area (Å²) in [6.45, 7) is 2.95. The van der Waals surface area contributed by atoms with Crippen LogP contribution in [-0.2, 0) is 6.54 Å². The maximum Gasteiger partial charge on any atom is 0.320 e. The first-order chi connectivity index (χ1) is 13.8. The minimum absolute atomic E-state index is 0.195. The van der Waals surface area contributed by atoms with Crippen molar-refractivity contribution in [1.29, 1.82) is 0 Å². The third-order valence-electron chi connectivity index (χ3n) is 5.02. The minimum atomic E-state index is -0.195. The van der Waals surface area contributed by atoms with Crippen LogP contribution in [-0.4, -0.2) is 39.8 Å². The average molecular weight is 375 g/mol. The lowest BCUT2D eigenvalue weighted by atomic mass is 10.0. The number of amides is 2. The Kier molecular flexibility index (Phi) is 5.68. The summed E-state index contributed by atoms with van der Waals surface area (Å²) in [5, 5.41) is 10.3. The molecule has 28 heavy (non-hydrogen) atoms. The molecule has 2 amide bonds. The molecule has 0 aliphatic carbocycles. The molecule has 2 N–H and O–H groups in total. The zero-order valence-corrected chi connectivity index (χ0v) is 15.8. The lowest BCUT2D eigenvalue weighted by Gasteiger charge is -2.32. The van der Waals surface area contributed by atoms with Crippen LogP contribution in [0.5, 0.6) is 0 Å². The Bertz CT molecular complexity index is 886. The van der Waals surface area contributed by atoms with Crippen molar-refractivity contribution in [1.82, 2.24) is 20.0 Å². The number of para-hydroxylation sites is 1. The number of nitrogens with zero attached hydrogens (tertiary/aromatic N) is 3. The van der Waals surface area contributed by atoms with Crippen molar-refractivity contribution >= 4 is 11.8 Å². The number of carbonyl (C=O) groups excluding carboxylic acids is 1. The number of hydrogen-bond donors (Lipinski definition) is 2. The molecule has 0 bridgehead atoms. The fourth-order valence-corrected chi connectivity index (χ4v) is 3.53. The minimum Gasteiger partial charge on any atom is -0.335 e. The van der Waals surface area contributed by atoms with E-state index in [1.54, 1.807) is 10.7 Å². The number of likely N-dealkylation sites (tertiary alicyclic amines) is 1. The van der Waals surface area contributed by atoms with Gasteiger partial charge in [0.25, 0.3) is 0 Å². The molecule has 0 spiro atoms.